The van der Waals surface area contributed by atoms with Crippen molar-refractivity contribution in [3.63, 3.8) is 0 Å². The van der Waals surface area contributed by atoms with Gasteiger partial charge < -0.3 is 0 Å². The number of hydrogen-bond acceptors (Lipinski definition) is 2. The minimum atomic E-state index is 0.475. The first-order valence-corrected chi connectivity index (χ1v) is 5.84. The SMILES string of the molecule is Cc1ccc(Cl)c2nc(C(C)C)sc12. The van der Waals surface area contributed by atoms with Crippen LogP contribution in [-0.4, -0.2) is 4.98 Å². The van der Waals surface area contributed by atoms with Gasteiger partial charge in [-0.05, 0) is 18.6 Å². The van der Waals surface area contributed by atoms with E-state index in [4.69, 9.17) is 11.6 Å². The molecule has 0 N–H and O–H groups in total. The molecule has 74 valence electrons. The maximum atomic E-state index is 6.09. The summed E-state index contributed by atoms with van der Waals surface area (Å²) in [4.78, 5) is 4.56. The van der Waals surface area contributed by atoms with E-state index in [0.717, 1.165) is 15.5 Å². The molecule has 1 aromatic carbocycles. The highest BCUT2D eigenvalue weighted by molar-refractivity contribution is 7.18. The minimum Gasteiger partial charge on any atom is -0.239 e. The van der Waals surface area contributed by atoms with Gasteiger partial charge in [0.15, 0.2) is 0 Å². The van der Waals surface area contributed by atoms with Gasteiger partial charge in [-0.2, -0.15) is 0 Å². The predicted octanol–water partition coefficient (Wildman–Crippen LogP) is 4.38. The average molecular weight is 226 g/mol. The Balaban J connectivity index is 2.75. The summed E-state index contributed by atoms with van der Waals surface area (Å²) in [5, 5.41) is 1.92. The number of aryl methyl sites for hydroxylation is 1. The van der Waals surface area contributed by atoms with Gasteiger partial charge in [0.05, 0.1) is 14.7 Å². The molecule has 2 aromatic rings. The molecule has 1 heterocycles. The Morgan fingerprint density at radius 2 is 2.07 bits per heavy atom. The van der Waals surface area contributed by atoms with Crippen LogP contribution in [0.25, 0.3) is 10.2 Å². The van der Waals surface area contributed by atoms with Gasteiger partial charge in [0, 0.05) is 5.92 Å². The molecule has 0 saturated heterocycles. The Bertz CT molecular complexity index is 434. The monoisotopic (exact) mass is 225 g/mol. The summed E-state index contributed by atoms with van der Waals surface area (Å²) in [6.07, 6.45) is 0. The molecule has 0 bridgehead atoms. The van der Waals surface area contributed by atoms with E-state index in [1.807, 2.05) is 12.1 Å². The van der Waals surface area contributed by atoms with Gasteiger partial charge >= 0.3 is 0 Å². The van der Waals surface area contributed by atoms with Crippen molar-refractivity contribution in [2.75, 3.05) is 0 Å². The number of nitrogens with zero attached hydrogens (tertiary/aromatic N) is 1. The van der Waals surface area contributed by atoms with Crippen molar-refractivity contribution >= 4 is 33.2 Å². The third kappa shape index (κ3) is 1.53. The van der Waals surface area contributed by atoms with E-state index in [1.54, 1.807) is 11.3 Å². The highest BCUT2D eigenvalue weighted by Crippen LogP contribution is 2.33. The second-order valence-corrected chi connectivity index (χ2v) is 5.19. The Morgan fingerprint density at radius 3 is 2.64 bits per heavy atom. The van der Waals surface area contributed by atoms with E-state index in [0.29, 0.717) is 5.92 Å². The molecule has 0 saturated carbocycles. The molecule has 0 radical (unpaired) electrons. The molecule has 1 nitrogen and oxygen atoms in total. The third-order valence-corrected chi connectivity index (χ3v) is 4.00. The molecule has 2 rings (SSSR count). The van der Waals surface area contributed by atoms with E-state index >= 15 is 0 Å². The zero-order chi connectivity index (χ0) is 10.3. The lowest BCUT2D eigenvalue weighted by molar-refractivity contribution is 0.857. The van der Waals surface area contributed by atoms with Gasteiger partial charge in [-0.15, -0.1) is 11.3 Å². The van der Waals surface area contributed by atoms with Gasteiger partial charge in [0.2, 0.25) is 0 Å². The van der Waals surface area contributed by atoms with Crippen molar-refractivity contribution in [1.29, 1.82) is 0 Å². The summed E-state index contributed by atoms with van der Waals surface area (Å²) >= 11 is 7.84. The number of hydrogen-bond donors (Lipinski definition) is 0. The van der Waals surface area contributed by atoms with Crippen LogP contribution in [0, 0.1) is 6.92 Å². The zero-order valence-corrected chi connectivity index (χ0v) is 10.0. The van der Waals surface area contributed by atoms with E-state index in [2.05, 4.69) is 25.8 Å². The highest BCUT2D eigenvalue weighted by atomic mass is 35.5. The normalized spacial score (nSPS) is 11.5. The summed E-state index contributed by atoms with van der Waals surface area (Å²) in [6.45, 7) is 6.41. The Hall–Kier alpha value is -0.600. The van der Waals surface area contributed by atoms with Crippen LogP contribution in [0.3, 0.4) is 0 Å². The summed E-state index contributed by atoms with van der Waals surface area (Å²) in [5.41, 5.74) is 2.22. The maximum absolute atomic E-state index is 6.09. The highest BCUT2D eigenvalue weighted by Gasteiger charge is 2.11. The smallest absolute Gasteiger partial charge is 0.100 e. The Labute approximate surface area is 92.7 Å². The fourth-order valence-electron chi connectivity index (χ4n) is 1.37. The summed E-state index contributed by atoms with van der Waals surface area (Å²) in [5.74, 6) is 0.475. The molecule has 1 aromatic heterocycles. The lowest BCUT2D eigenvalue weighted by atomic mass is 10.2. The Kier molecular flexibility index (Phi) is 2.50. The van der Waals surface area contributed by atoms with Crippen molar-refractivity contribution in [3.8, 4) is 0 Å². The molecule has 0 fully saturated rings. The second-order valence-electron chi connectivity index (χ2n) is 3.75. The van der Waals surface area contributed by atoms with Crippen LogP contribution in [0.1, 0.15) is 30.3 Å². The van der Waals surface area contributed by atoms with Crippen molar-refractivity contribution in [2.24, 2.45) is 0 Å². The topological polar surface area (TPSA) is 12.9 Å². The molecule has 0 aliphatic carbocycles. The fraction of sp³-hybridized carbons (Fsp3) is 0.364. The van der Waals surface area contributed by atoms with Gasteiger partial charge in [-0.25, -0.2) is 4.98 Å². The van der Waals surface area contributed by atoms with Crippen LogP contribution in [0.15, 0.2) is 12.1 Å². The maximum Gasteiger partial charge on any atom is 0.100 e. The molecule has 0 aliphatic rings. The first-order chi connectivity index (χ1) is 6.59. The van der Waals surface area contributed by atoms with Crippen molar-refractivity contribution in [2.45, 2.75) is 26.7 Å². The van der Waals surface area contributed by atoms with Crippen molar-refractivity contribution < 1.29 is 0 Å². The molecule has 0 aliphatic heterocycles. The largest absolute Gasteiger partial charge is 0.239 e. The number of rotatable bonds is 1. The second kappa shape index (κ2) is 3.52. The van der Waals surface area contributed by atoms with Crippen LogP contribution in [-0.2, 0) is 0 Å². The Morgan fingerprint density at radius 1 is 1.36 bits per heavy atom. The lowest BCUT2D eigenvalue weighted by Crippen LogP contribution is -1.83. The number of fused-ring (bicyclic) bond motifs is 1. The summed E-state index contributed by atoms with van der Waals surface area (Å²) in [6, 6.07) is 3.97. The van der Waals surface area contributed by atoms with E-state index in [9.17, 15) is 0 Å². The molecule has 0 atom stereocenters. The van der Waals surface area contributed by atoms with E-state index < -0.39 is 0 Å². The zero-order valence-electron chi connectivity index (χ0n) is 8.47. The first kappa shape index (κ1) is 9.94. The number of thiazole rings is 1. The first-order valence-electron chi connectivity index (χ1n) is 4.65. The number of benzene rings is 1. The van der Waals surface area contributed by atoms with Gasteiger partial charge in [0.1, 0.15) is 5.52 Å². The van der Waals surface area contributed by atoms with E-state index in [1.165, 1.54) is 10.3 Å². The molecule has 0 amide bonds. The summed E-state index contributed by atoms with van der Waals surface area (Å²) < 4.78 is 1.22. The number of halogens is 1. The van der Waals surface area contributed by atoms with Crippen molar-refractivity contribution in [3.05, 3.63) is 27.7 Å². The summed E-state index contributed by atoms with van der Waals surface area (Å²) in [7, 11) is 0. The molecular weight excluding hydrogens is 214 g/mol. The van der Waals surface area contributed by atoms with Crippen molar-refractivity contribution in [1.82, 2.24) is 4.98 Å². The van der Waals surface area contributed by atoms with Crippen LogP contribution in [0.5, 0.6) is 0 Å². The quantitative estimate of drug-likeness (QED) is 0.702. The molecule has 0 spiro atoms. The minimum absolute atomic E-state index is 0.475. The molecule has 0 unspecified atom stereocenters. The van der Waals surface area contributed by atoms with Crippen LogP contribution in [0.2, 0.25) is 5.02 Å². The predicted molar refractivity (Wildman–Crippen MR) is 63.5 cm³/mol. The standard InChI is InChI=1S/C11H12ClNS/c1-6(2)11-13-9-8(12)5-4-7(3)10(9)14-11/h4-6H,1-3H3. The molecule has 14 heavy (non-hydrogen) atoms. The van der Waals surface area contributed by atoms with Crippen LogP contribution >= 0.6 is 22.9 Å². The van der Waals surface area contributed by atoms with Gasteiger partial charge in [-0.3, -0.25) is 0 Å². The lowest BCUT2D eigenvalue weighted by Gasteiger charge is -1.94. The third-order valence-electron chi connectivity index (χ3n) is 2.20. The molecule has 3 heteroatoms. The fourth-order valence-corrected chi connectivity index (χ4v) is 2.68. The van der Waals surface area contributed by atoms with E-state index in [-0.39, 0.29) is 0 Å². The van der Waals surface area contributed by atoms with Crippen LogP contribution < -0.4 is 0 Å². The average Bonchev–Trinajstić information content (AvgIpc) is 2.57. The van der Waals surface area contributed by atoms with Gasteiger partial charge in [0.25, 0.3) is 0 Å². The van der Waals surface area contributed by atoms with Crippen LogP contribution in [0.4, 0.5) is 0 Å². The molecular formula is C11H12ClNS. The number of aromatic nitrogens is 1. The van der Waals surface area contributed by atoms with Gasteiger partial charge in [-0.1, -0.05) is 31.5 Å².